The third-order valence-electron chi connectivity index (χ3n) is 2.95. The number of anilines is 1. The zero-order chi connectivity index (χ0) is 15.8. The first-order chi connectivity index (χ1) is 9.99. The van der Waals surface area contributed by atoms with E-state index in [1.165, 1.54) is 16.7 Å². The van der Waals surface area contributed by atoms with Crippen LogP contribution in [0.3, 0.4) is 0 Å². The minimum absolute atomic E-state index is 0.383. The minimum Gasteiger partial charge on any atom is -0.497 e. The van der Waals surface area contributed by atoms with Crippen molar-refractivity contribution in [2.24, 2.45) is 0 Å². The van der Waals surface area contributed by atoms with Crippen LogP contribution in [0.2, 0.25) is 0 Å². The van der Waals surface area contributed by atoms with Gasteiger partial charge in [0, 0.05) is 18.8 Å². The summed E-state index contributed by atoms with van der Waals surface area (Å²) in [5, 5.41) is 11.6. The van der Waals surface area contributed by atoms with E-state index in [2.05, 4.69) is 5.32 Å². The van der Waals surface area contributed by atoms with Gasteiger partial charge in [0.1, 0.15) is 11.8 Å². The van der Waals surface area contributed by atoms with Gasteiger partial charge in [-0.3, -0.25) is 4.90 Å². The van der Waals surface area contributed by atoms with Gasteiger partial charge < -0.3 is 15.2 Å². The Hall–Kier alpha value is -1.89. The lowest BCUT2D eigenvalue weighted by Crippen LogP contribution is -2.47. The quantitative estimate of drug-likeness (QED) is 0.805. The second kappa shape index (κ2) is 8.41. The number of carboxylic acid groups (broad SMARTS) is 1. The van der Waals surface area contributed by atoms with E-state index in [0.717, 1.165) is 0 Å². The molecular formula is C14H20N2O4S. The topological polar surface area (TPSA) is 78.9 Å². The molecule has 0 saturated heterocycles. The van der Waals surface area contributed by atoms with E-state index in [1.807, 2.05) is 6.26 Å². The van der Waals surface area contributed by atoms with Gasteiger partial charge in [0.25, 0.3) is 0 Å². The normalized spacial score (nSPS) is 11.6. The number of amides is 2. The van der Waals surface area contributed by atoms with Crippen molar-refractivity contribution in [2.45, 2.75) is 12.5 Å². The number of nitrogens with one attached hydrogen (secondary N) is 1. The summed E-state index contributed by atoms with van der Waals surface area (Å²) >= 11 is 1.54. The zero-order valence-electron chi connectivity index (χ0n) is 12.3. The third-order valence-corrected chi connectivity index (χ3v) is 3.60. The second-order valence-electron chi connectivity index (χ2n) is 4.38. The number of benzene rings is 1. The Bertz CT molecular complexity index is 496. The monoisotopic (exact) mass is 312 g/mol. The van der Waals surface area contributed by atoms with Gasteiger partial charge in [0.05, 0.1) is 7.11 Å². The van der Waals surface area contributed by atoms with E-state index < -0.39 is 18.0 Å². The Labute approximate surface area is 128 Å². The van der Waals surface area contributed by atoms with Crippen molar-refractivity contribution in [2.75, 3.05) is 31.1 Å². The highest BCUT2D eigenvalue weighted by molar-refractivity contribution is 7.98. The molecule has 0 spiro atoms. The highest BCUT2D eigenvalue weighted by atomic mass is 32.2. The van der Waals surface area contributed by atoms with Gasteiger partial charge in [-0.1, -0.05) is 6.07 Å². The predicted octanol–water partition coefficient (Wildman–Crippen LogP) is 2.05. The van der Waals surface area contributed by atoms with Gasteiger partial charge in [-0.05, 0) is 30.6 Å². The summed E-state index contributed by atoms with van der Waals surface area (Å²) < 4.78 is 5.10. The molecule has 0 aliphatic heterocycles. The molecule has 1 atom stereocenters. The van der Waals surface area contributed by atoms with Crippen molar-refractivity contribution in [3.05, 3.63) is 24.3 Å². The molecular weight excluding hydrogens is 292 g/mol. The lowest BCUT2D eigenvalue weighted by atomic mass is 10.2. The van der Waals surface area contributed by atoms with Crippen molar-refractivity contribution < 1.29 is 19.4 Å². The first-order valence-electron chi connectivity index (χ1n) is 6.39. The van der Waals surface area contributed by atoms with Crippen LogP contribution in [0.5, 0.6) is 5.75 Å². The van der Waals surface area contributed by atoms with Crippen LogP contribution in [0.15, 0.2) is 24.3 Å². The van der Waals surface area contributed by atoms with Gasteiger partial charge in [-0.15, -0.1) is 0 Å². The van der Waals surface area contributed by atoms with Crippen LogP contribution in [0.1, 0.15) is 6.42 Å². The van der Waals surface area contributed by atoms with E-state index in [9.17, 15) is 9.59 Å². The number of aliphatic carboxylic acids is 1. The molecule has 0 unspecified atom stereocenters. The Morgan fingerprint density at radius 2 is 2.19 bits per heavy atom. The van der Waals surface area contributed by atoms with Gasteiger partial charge in [-0.25, -0.2) is 9.59 Å². The predicted molar refractivity (Wildman–Crippen MR) is 84.4 cm³/mol. The molecule has 0 aliphatic carbocycles. The minimum atomic E-state index is -1.03. The number of carbonyl (C=O) groups excluding carboxylic acids is 1. The molecule has 0 heterocycles. The number of hydrogen-bond acceptors (Lipinski definition) is 4. The van der Waals surface area contributed by atoms with Crippen molar-refractivity contribution in [1.82, 2.24) is 5.32 Å². The summed E-state index contributed by atoms with van der Waals surface area (Å²) in [6.45, 7) is 0. The highest BCUT2D eigenvalue weighted by Crippen LogP contribution is 2.20. The maximum absolute atomic E-state index is 12.1. The standard InChI is InChI=1S/C14H20N2O4S/c1-16(10-5-4-6-11(9-10)20-2)14(19)15-12(13(17)18)7-8-21-3/h4-6,9,12H,7-8H2,1-3H3,(H,15,19)(H,17,18)/t12-/m1/s1. The second-order valence-corrected chi connectivity index (χ2v) is 5.37. The largest absolute Gasteiger partial charge is 0.497 e. The maximum Gasteiger partial charge on any atom is 0.326 e. The van der Waals surface area contributed by atoms with Crippen molar-refractivity contribution >= 4 is 29.4 Å². The number of urea groups is 1. The fraction of sp³-hybridized carbons (Fsp3) is 0.429. The fourth-order valence-electron chi connectivity index (χ4n) is 1.68. The third kappa shape index (κ3) is 5.18. The van der Waals surface area contributed by atoms with Crippen LogP contribution in [-0.2, 0) is 4.79 Å². The Kier molecular flexibility index (Phi) is 6.87. The molecule has 21 heavy (non-hydrogen) atoms. The number of carbonyl (C=O) groups is 2. The van der Waals surface area contributed by atoms with Crippen LogP contribution in [-0.4, -0.2) is 49.3 Å². The average Bonchev–Trinajstić information content (AvgIpc) is 2.50. The molecule has 7 heteroatoms. The van der Waals surface area contributed by atoms with Crippen LogP contribution < -0.4 is 15.0 Å². The number of thioether (sulfide) groups is 1. The first-order valence-corrected chi connectivity index (χ1v) is 7.79. The summed E-state index contributed by atoms with van der Waals surface area (Å²) in [6, 6.07) is 5.64. The van der Waals surface area contributed by atoms with Crippen LogP contribution in [0, 0.1) is 0 Å². The molecule has 0 bridgehead atoms. The van der Waals surface area contributed by atoms with Crippen molar-refractivity contribution in [3.8, 4) is 5.75 Å². The molecule has 116 valence electrons. The number of hydrogen-bond donors (Lipinski definition) is 2. The van der Waals surface area contributed by atoms with E-state index in [0.29, 0.717) is 23.6 Å². The van der Waals surface area contributed by atoms with E-state index >= 15 is 0 Å². The van der Waals surface area contributed by atoms with Crippen molar-refractivity contribution in [1.29, 1.82) is 0 Å². The molecule has 0 aromatic heterocycles. The number of ether oxygens (including phenoxy) is 1. The molecule has 1 aromatic carbocycles. The molecule has 6 nitrogen and oxygen atoms in total. The van der Waals surface area contributed by atoms with Crippen LogP contribution in [0.4, 0.5) is 10.5 Å². The van der Waals surface area contributed by atoms with E-state index in [1.54, 1.807) is 38.4 Å². The van der Waals surface area contributed by atoms with E-state index in [-0.39, 0.29) is 0 Å². The summed E-state index contributed by atoms with van der Waals surface area (Å²) in [5.74, 6) is 0.265. The van der Waals surface area contributed by atoms with Gasteiger partial charge >= 0.3 is 12.0 Å². The summed E-state index contributed by atoms with van der Waals surface area (Å²) in [6.07, 6.45) is 2.28. The Morgan fingerprint density at radius 1 is 1.48 bits per heavy atom. The summed E-state index contributed by atoms with van der Waals surface area (Å²) in [7, 11) is 3.12. The molecule has 0 saturated carbocycles. The molecule has 1 aromatic rings. The molecule has 0 radical (unpaired) electrons. The fourth-order valence-corrected chi connectivity index (χ4v) is 2.15. The van der Waals surface area contributed by atoms with Crippen LogP contribution in [0.25, 0.3) is 0 Å². The summed E-state index contributed by atoms with van der Waals surface area (Å²) in [5.41, 5.74) is 0.626. The zero-order valence-corrected chi connectivity index (χ0v) is 13.1. The number of rotatable bonds is 7. The average molecular weight is 312 g/mol. The lowest BCUT2D eigenvalue weighted by molar-refractivity contribution is -0.139. The van der Waals surface area contributed by atoms with Crippen LogP contribution >= 0.6 is 11.8 Å². The Morgan fingerprint density at radius 3 is 2.76 bits per heavy atom. The molecule has 0 aliphatic rings. The van der Waals surface area contributed by atoms with Gasteiger partial charge in [0.15, 0.2) is 0 Å². The smallest absolute Gasteiger partial charge is 0.326 e. The highest BCUT2D eigenvalue weighted by Gasteiger charge is 2.21. The van der Waals surface area contributed by atoms with E-state index in [4.69, 9.17) is 9.84 Å². The summed E-state index contributed by atoms with van der Waals surface area (Å²) in [4.78, 5) is 24.6. The van der Waals surface area contributed by atoms with Crippen molar-refractivity contribution in [3.63, 3.8) is 0 Å². The molecule has 2 amide bonds. The number of methoxy groups -OCH3 is 1. The lowest BCUT2D eigenvalue weighted by Gasteiger charge is -2.21. The van der Waals surface area contributed by atoms with Gasteiger partial charge in [-0.2, -0.15) is 11.8 Å². The molecule has 1 rings (SSSR count). The first kappa shape index (κ1) is 17.2. The maximum atomic E-state index is 12.1. The molecule has 2 N–H and O–H groups in total. The molecule has 0 fully saturated rings. The number of nitrogens with zero attached hydrogens (tertiary/aromatic N) is 1. The van der Waals surface area contributed by atoms with Gasteiger partial charge in [0.2, 0.25) is 0 Å². The Balaban J connectivity index is 2.74. The number of carboxylic acids is 1. The SMILES string of the molecule is COc1cccc(N(C)C(=O)N[C@H](CCSC)C(=O)O)c1.